The van der Waals surface area contributed by atoms with Gasteiger partial charge in [0.15, 0.2) is 0 Å². The third-order valence-electron chi connectivity index (χ3n) is 4.61. The van der Waals surface area contributed by atoms with Gasteiger partial charge in [0.05, 0.1) is 5.92 Å². The van der Waals surface area contributed by atoms with Crippen molar-refractivity contribution in [2.45, 2.75) is 26.8 Å². The van der Waals surface area contributed by atoms with Crippen molar-refractivity contribution in [2.75, 3.05) is 11.4 Å². The monoisotopic (exact) mass is 356 g/mol. The number of benzene rings is 2. The molecule has 0 spiro atoms. The number of aryl methyl sites for hydroxylation is 1. The van der Waals surface area contributed by atoms with E-state index in [0.29, 0.717) is 18.1 Å². The standard InChI is InChI=1S/C20H21ClN2O2/c1-13-6-8-15(9-7-13)11-22-20(25)16-10-19(24)23(12-16)18-5-3-4-17(21)14(18)2/h3-9,16H,10-12H2,1-2H3,(H,22,25)/t16-/m0/s1. The summed E-state index contributed by atoms with van der Waals surface area (Å²) in [6.07, 6.45) is 0.228. The molecular weight excluding hydrogens is 336 g/mol. The van der Waals surface area contributed by atoms with Crippen molar-refractivity contribution in [3.05, 3.63) is 64.2 Å². The normalized spacial score (nSPS) is 17.0. The predicted octanol–water partition coefficient (Wildman–Crippen LogP) is 3.63. The Balaban J connectivity index is 1.64. The van der Waals surface area contributed by atoms with Crippen molar-refractivity contribution in [3.8, 4) is 0 Å². The van der Waals surface area contributed by atoms with Gasteiger partial charge in [-0.05, 0) is 37.1 Å². The number of anilines is 1. The molecule has 2 aromatic rings. The SMILES string of the molecule is Cc1ccc(CNC(=O)[C@H]2CC(=O)N(c3cccc(Cl)c3C)C2)cc1. The summed E-state index contributed by atoms with van der Waals surface area (Å²) in [4.78, 5) is 26.5. The van der Waals surface area contributed by atoms with Gasteiger partial charge in [-0.2, -0.15) is 0 Å². The number of nitrogens with zero attached hydrogens (tertiary/aromatic N) is 1. The molecule has 3 rings (SSSR count). The Morgan fingerprint density at radius 1 is 1.20 bits per heavy atom. The smallest absolute Gasteiger partial charge is 0.227 e. The Morgan fingerprint density at radius 2 is 1.92 bits per heavy atom. The molecule has 1 atom stereocenters. The Bertz CT molecular complexity index is 802. The molecule has 1 heterocycles. The first-order chi connectivity index (χ1) is 12.0. The van der Waals surface area contributed by atoms with Crippen molar-refractivity contribution in [2.24, 2.45) is 5.92 Å². The fourth-order valence-electron chi connectivity index (χ4n) is 3.04. The predicted molar refractivity (Wildman–Crippen MR) is 99.7 cm³/mol. The molecule has 0 aliphatic carbocycles. The zero-order valence-electron chi connectivity index (χ0n) is 14.4. The molecule has 0 radical (unpaired) electrons. The molecule has 130 valence electrons. The highest BCUT2D eigenvalue weighted by atomic mass is 35.5. The summed E-state index contributed by atoms with van der Waals surface area (Å²) in [5, 5.41) is 3.56. The minimum absolute atomic E-state index is 0.0409. The molecule has 1 saturated heterocycles. The van der Waals surface area contributed by atoms with Crippen LogP contribution in [0.4, 0.5) is 5.69 Å². The fourth-order valence-corrected chi connectivity index (χ4v) is 3.21. The molecule has 2 aromatic carbocycles. The highest BCUT2D eigenvalue weighted by Crippen LogP contribution is 2.31. The van der Waals surface area contributed by atoms with Crippen LogP contribution in [-0.2, 0) is 16.1 Å². The Labute approximate surface area is 152 Å². The Hall–Kier alpha value is -2.33. The van der Waals surface area contributed by atoms with Crippen molar-refractivity contribution < 1.29 is 9.59 Å². The number of hydrogen-bond donors (Lipinski definition) is 1. The molecule has 1 fully saturated rings. The van der Waals surface area contributed by atoms with Gasteiger partial charge in [0.25, 0.3) is 0 Å². The average molecular weight is 357 g/mol. The average Bonchev–Trinajstić information content (AvgIpc) is 2.98. The number of rotatable bonds is 4. The van der Waals surface area contributed by atoms with Crippen LogP contribution in [0.2, 0.25) is 5.02 Å². The topological polar surface area (TPSA) is 49.4 Å². The zero-order chi connectivity index (χ0) is 18.0. The summed E-state index contributed by atoms with van der Waals surface area (Å²) in [5.74, 6) is -0.465. The molecule has 1 N–H and O–H groups in total. The summed E-state index contributed by atoms with van der Waals surface area (Å²) >= 11 is 6.15. The highest BCUT2D eigenvalue weighted by molar-refractivity contribution is 6.31. The number of halogens is 1. The van der Waals surface area contributed by atoms with Crippen LogP contribution in [0.15, 0.2) is 42.5 Å². The Morgan fingerprint density at radius 3 is 2.64 bits per heavy atom. The lowest BCUT2D eigenvalue weighted by atomic mass is 10.1. The fraction of sp³-hybridized carbons (Fsp3) is 0.300. The van der Waals surface area contributed by atoms with Crippen molar-refractivity contribution in [1.29, 1.82) is 0 Å². The van der Waals surface area contributed by atoms with E-state index in [0.717, 1.165) is 16.8 Å². The second-order valence-corrected chi connectivity index (χ2v) is 6.90. The molecule has 0 unspecified atom stereocenters. The third kappa shape index (κ3) is 3.85. The van der Waals surface area contributed by atoms with Crippen LogP contribution in [0.1, 0.15) is 23.1 Å². The molecule has 5 heteroatoms. The number of amides is 2. The van der Waals surface area contributed by atoms with Crippen LogP contribution >= 0.6 is 11.6 Å². The second-order valence-electron chi connectivity index (χ2n) is 6.49. The van der Waals surface area contributed by atoms with E-state index in [-0.39, 0.29) is 24.2 Å². The summed E-state index contributed by atoms with van der Waals surface area (Å²) in [7, 11) is 0. The maximum absolute atomic E-state index is 12.4. The van der Waals surface area contributed by atoms with E-state index in [2.05, 4.69) is 5.32 Å². The van der Waals surface area contributed by atoms with Crippen LogP contribution in [0.25, 0.3) is 0 Å². The molecule has 4 nitrogen and oxygen atoms in total. The van der Waals surface area contributed by atoms with E-state index in [1.165, 1.54) is 5.56 Å². The molecule has 0 saturated carbocycles. The second kappa shape index (κ2) is 7.28. The number of carbonyl (C=O) groups is 2. The summed E-state index contributed by atoms with van der Waals surface area (Å²) < 4.78 is 0. The summed E-state index contributed by atoms with van der Waals surface area (Å²) in [6.45, 7) is 4.77. The van der Waals surface area contributed by atoms with Crippen LogP contribution in [0.3, 0.4) is 0 Å². The highest BCUT2D eigenvalue weighted by Gasteiger charge is 2.35. The summed E-state index contributed by atoms with van der Waals surface area (Å²) in [5.41, 5.74) is 3.87. The number of hydrogen-bond acceptors (Lipinski definition) is 2. The molecule has 0 aromatic heterocycles. The molecule has 1 aliphatic heterocycles. The largest absolute Gasteiger partial charge is 0.352 e. The lowest BCUT2D eigenvalue weighted by molar-refractivity contribution is -0.126. The quantitative estimate of drug-likeness (QED) is 0.909. The minimum atomic E-state index is -0.337. The molecule has 25 heavy (non-hydrogen) atoms. The maximum Gasteiger partial charge on any atom is 0.227 e. The van der Waals surface area contributed by atoms with Gasteiger partial charge in [-0.25, -0.2) is 0 Å². The van der Waals surface area contributed by atoms with E-state index >= 15 is 0 Å². The van der Waals surface area contributed by atoms with Crippen LogP contribution < -0.4 is 10.2 Å². The van der Waals surface area contributed by atoms with Crippen LogP contribution in [0.5, 0.6) is 0 Å². The van der Waals surface area contributed by atoms with Gasteiger partial charge in [0.2, 0.25) is 11.8 Å². The van der Waals surface area contributed by atoms with Gasteiger partial charge in [0, 0.05) is 30.2 Å². The molecule has 2 amide bonds. The van der Waals surface area contributed by atoms with Gasteiger partial charge in [-0.15, -0.1) is 0 Å². The number of carbonyl (C=O) groups excluding carboxylic acids is 2. The molecule has 1 aliphatic rings. The Kier molecular flexibility index (Phi) is 5.09. The zero-order valence-corrected chi connectivity index (χ0v) is 15.1. The van der Waals surface area contributed by atoms with Crippen molar-refractivity contribution in [1.82, 2.24) is 5.32 Å². The van der Waals surface area contributed by atoms with Gasteiger partial charge in [-0.3, -0.25) is 9.59 Å². The first-order valence-electron chi connectivity index (χ1n) is 8.34. The first-order valence-corrected chi connectivity index (χ1v) is 8.72. The van der Waals surface area contributed by atoms with Crippen LogP contribution in [0, 0.1) is 19.8 Å². The lowest BCUT2D eigenvalue weighted by Gasteiger charge is -2.19. The van der Waals surface area contributed by atoms with Gasteiger partial charge < -0.3 is 10.2 Å². The summed E-state index contributed by atoms with van der Waals surface area (Å²) in [6, 6.07) is 13.5. The van der Waals surface area contributed by atoms with Crippen molar-refractivity contribution >= 4 is 29.1 Å². The molecular formula is C20H21ClN2O2. The molecule has 0 bridgehead atoms. The van der Waals surface area contributed by atoms with Crippen molar-refractivity contribution in [3.63, 3.8) is 0 Å². The van der Waals surface area contributed by atoms with Gasteiger partial charge in [-0.1, -0.05) is 47.5 Å². The van der Waals surface area contributed by atoms with Gasteiger partial charge in [0.1, 0.15) is 0 Å². The van der Waals surface area contributed by atoms with Crippen LogP contribution in [-0.4, -0.2) is 18.4 Å². The third-order valence-corrected chi connectivity index (χ3v) is 5.02. The number of nitrogens with one attached hydrogen (secondary N) is 1. The first kappa shape index (κ1) is 17.5. The van der Waals surface area contributed by atoms with E-state index < -0.39 is 0 Å². The van der Waals surface area contributed by atoms with E-state index in [9.17, 15) is 9.59 Å². The van der Waals surface area contributed by atoms with E-state index in [1.807, 2.05) is 50.2 Å². The minimum Gasteiger partial charge on any atom is -0.352 e. The van der Waals surface area contributed by atoms with E-state index in [1.54, 1.807) is 11.0 Å². The van der Waals surface area contributed by atoms with E-state index in [4.69, 9.17) is 11.6 Å². The van der Waals surface area contributed by atoms with Gasteiger partial charge >= 0.3 is 0 Å². The lowest BCUT2D eigenvalue weighted by Crippen LogP contribution is -2.32. The maximum atomic E-state index is 12.4.